The summed E-state index contributed by atoms with van der Waals surface area (Å²) in [5.41, 5.74) is 5.10. The van der Waals surface area contributed by atoms with Gasteiger partial charge in [-0.1, -0.05) is 19.3 Å². The second-order valence-corrected chi connectivity index (χ2v) is 4.71. The maximum Gasteiger partial charge on any atom is 0.181 e. The third-order valence-electron chi connectivity index (χ3n) is 3.49. The van der Waals surface area contributed by atoms with Gasteiger partial charge < -0.3 is 5.43 Å². The van der Waals surface area contributed by atoms with Crippen molar-refractivity contribution in [1.82, 2.24) is 19.6 Å². The van der Waals surface area contributed by atoms with E-state index in [1.54, 1.807) is 18.9 Å². The van der Waals surface area contributed by atoms with Crippen molar-refractivity contribution < 1.29 is 0 Å². The van der Waals surface area contributed by atoms with Gasteiger partial charge in [0.2, 0.25) is 0 Å². The van der Waals surface area contributed by atoms with Gasteiger partial charge in [0.15, 0.2) is 5.65 Å². The lowest BCUT2D eigenvalue weighted by Crippen LogP contribution is -2.23. The second-order valence-electron chi connectivity index (χ2n) is 4.71. The third kappa shape index (κ3) is 2.23. The van der Waals surface area contributed by atoms with Gasteiger partial charge in [-0.3, -0.25) is 0 Å². The van der Waals surface area contributed by atoms with E-state index < -0.39 is 0 Å². The predicted molar refractivity (Wildman–Crippen MR) is 66.1 cm³/mol. The molecule has 2 aromatic heterocycles. The van der Waals surface area contributed by atoms with Crippen molar-refractivity contribution in [2.24, 2.45) is 5.92 Å². The van der Waals surface area contributed by atoms with Gasteiger partial charge in [-0.25, -0.2) is 19.6 Å². The van der Waals surface area contributed by atoms with Crippen LogP contribution in [0.4, 0.5) is 0 Å². The summed E-state index contributed by atoms with van der Waals surface area (Å²) in [5, 5.41) is 0. The second kappa shape index (κ2) is 4.69. The maximum absolute atomic E-state index is 4.26. The molecule has 90 valence electrons. The van der Waals surface area contributed by atoms with E-state index in [2.05, 4.69) is 20.4 Å². The highest BCUT2D eigenvalue weighted by molar-refractivity contribution is 5.69. The molecule has 1 saturated carbocycles. The van der Waals surface area contributed by atoms with Crippen LogP contribution < -0.4 is 5.43 Å². The van der Waals surface area contributed by atoms with E-state index in [0.29, 0.717) is 0 Å². The molecule has 0 aromatic carbocycles. The number of fused-ring (bicyclic) bond motifs is 1. The molecule has 0 unspecified atom stereocenters. The molecule has 0 bridgehead atoms. The van der Waals surface area contributed by atoms with Crippen LogP contribution in [0.2, 0.25) is 0 Å². The Balaban J connectivity index is 1.68. The third-order valence-corrected chi connectivity index (χ3v) is 3.49. The normalized spacial score (nSPS) is 17.4. The Bertz CT molecular complexity index is 486. The van der Waals surface area contributed by atoms with Crippen molar-refractivity contribution in [2.75, 3.05) is 12.0 Å². The van der Waals surface area contributed by atoms with E-state index in [-0.39, 0.29) is 0 Å². The summed E-state index contributed by atoms with van der Waals surface area (Å²) >= 11 is 0. The molecular weight excluding hydrogens is 214 g/mol. The molecule has 1 aliphatic carbocycles. The van der Waals surface area contributed by atoms with Crippen LogP contribution >= 0.6 is 0 Å². The highest BCUT2D eigenvalue weighted by atomic mass is 15.4. The van der Waals surface area contributed by atoms with Crippen LogP contribution in [0, 0.1) is 5.92 Å². The minimum atomic E-state index is 0.794. The molecule has 0 radical (unpaired) electrons. The molecule has 5 nitrogen and oxygen atoms in total. The topological polar surface area (TPSA) is 55.6 Å². The number of nitrogens with zero attached hydrogens (tertiary/aromatic N) is 4. The average Bonchev–Trinajstić information content (AvgIpc) is 2.81. The molecule has 2 aromatic rings. The van der Waals surface area contributed by atoms with Gasteiger partial charge in [0.1, 0.15) is 18.2 Å². The van der Waals surface area contributed by atoms with Gasteiger partial charge in [0, 0.05) is 6.54 Å². The van der Waals surface area contributed by atoms with E-state index in [4.69, 9.17) is 0 Å². The summed E-state index contributed by atoms with van der Waals surface area (Å²) in [6, 6.07) is 0. The summed E-state index contributed by atoms with van der Waals surface area (Å²) in [6.45, 7) is 1.01. The Morgan fingerprint density at radius 3 is 3.00 bits per heavy atom. The Hall–Kier alpha value is -1.65. The van der Waals surface area contributed by atoms with Crippen LogP contribution in [0.3, 0.4) is 0 Å². The van der Waals surface area contributed by atoms with E-state index in [9.17, 15) is 0 Å². The van der Waals surface area contributed by atoms with Gasteiger partial charge in [0.05, 0.1) is 6.20 Å². The van der Waals surface area contributed by atoms with Crippen molar-refractivity contribution >= 4 is 11.2 Å². The van der Waals surface area contributed by atoms with Crippen LogP contribution in [0.25, 0.3) is 11.2 Å². The van der Waals surface area contributed by atoms with Crippen LogP contribution in [-0.2, 0) is 0 Å². The fourth-order valence-corrected chi connectivity index (χ4v) is 2.50. The van der Waals surface area contributed by atoms with Gasteiger partial charge in [-0.15, -0.1) is 0 Å². The van der Waals surface area contributed by atoms with Crippen LogP contribution in [-0.4, -0.2) is 26.2 Å². The van der Waals surface area contributed by atoms with E-state index in [0.717, 1.165) is 23.6 Å². The van der Waals surface area contributed by atoms with E-state index in [1.807, 2.05) is 4.68 Å². The molecule has 0 spiro atoms. The van der Waals surface area contributed by atoms with Crippen molar-refractivity contribution in [3.05, 3.63) is 18.9 Å². The smallest absolute Gasteiger partial charge is 0.181 e. The molecule has 2 heterocycles. The fraction of sp³-hybridized carbons (Fsp3) is 0.583. The van der Waals surface area contributed by atoms with Gasteiger partial charge >= 0.3 is 0 Å². The first kappa shape index (κ1) is 10.5. The van der Waals surface area contributed by atoms with Crippen LogP contribution in [0.1, 0.15) is 32.1 Å². The highest BCUT2D eigenvalue weighted by Crippen LogP contribution is 2.23. The molecule has 0 saturated heterocycles. The first-order valence-corrected chi connectivity index (χ1v) is 6.30. The standard InChI is InChI=1S/C12H17N5/c1-2-4-10(5-3-1)6-16-17-9-15-11-7-13-8-14-12(11)17/h7-10,16H,1-6H2. The first-order chi connectivity index (χ1) is 8.43. The zero-order valence-electron chi connectivity index (χ0n) is 9.84. The number of rotatable bonds is 3. The van der Waals surface area contributed by atoms with E-state index >= 15 is 0 Å². The van der Waals surface area contributed by atoms with Gasteiger partial charge in [-0.2, -0.15) is 0 Å². The first-order valence-electron chi connectivity index (χ1n) is 6.30. The lowest BCUT2D eigenvalue weighted by atomic mass is 9.89. The number of hydrogen-bond acceptors (Lipinski definition) is 4. The van der Waals surface area contributed by atoms with Crippen molar-refractivity contribution in [3.8, 4) is 0 Å². The minimum Gasteiger partial charge on any atom is -0.323 e. The molecule has 17 heavy (non-hydrogen) atoms. The largest absolute Gasteiger partial charge is 0.323 e. The number of nitrogens with one attached hydrogen (secondary N) is 1. The van der Waals surface area contributed by atoms with Crippen LogP contribution in [0.5, 0.6) is 0 Å². The Kier molecular flexibility index (Phi) is 2.90. The number of hydrogen-bond donors (Lipinski definition) is 1. The quantitative estimate of drug-likeness (QED) is 0.877. The lowest BCUT2D eigenvalue weighted by Gasteiger charge is -2.22. The lowest BCUT2D eigenvalue weighted by molar-refractivity contribution is 0.367. The Labute approximate surface area is 100 Å². The van der Waals surface area contributed by atoms with E-state index in [1.165, 1.54) is 32.1 Å². The number of imidazole rings is 1. The van der Waals surface area contributed by atoms with Crippen molar-refractivity contribution in [1.29, 1.82) is 0 Å². The highest BCUT2D eigenvalue weighted by Gasteiger charge is 2.13. The zero-order chi connectivity index (χ0) is 11.5. The average molecular weight is 231 g/mol. The molecule has 1 fully saturated rings. The van der Waals surface area contributed by atoms with Gasteiger partial charge in [-0.05, 0) is 18.8 Å². The zero-order valence-corrected chi connectivity index (χ0v) is 9.84. The molecule has 1 aliphatic rings. The Morgan fingerprint density at radius 2 is 2.12 bits per heavy atom. The summed E-state index contributed by atoms with van der Waals surface area (Å²) in [6.07, 6.45) is 11.9. The number of aromatic nitrogens is 4. The monoisotopic (exact) mass is 231 g/mol. The minimum absolute atomic E-state index is 0.794. The SMILES string of the molecule is c1ncc2ncn(NCC3CCCCC3)c2n1. The summed E-state index contributed by atoms with van der Waals surface area (Å²) in [7, 11) is 0. The fourth-order valence-electron chi connectivity index (χ4n) is 2.50. The summed E-state index contributed by atoms with van der Waals surface area (Å²) < 4.78 is 1.91. The summed E-state index contributed by atoms with van der Waals surface area (Å²) in [5.74, 6) is 0.794. The van der Waals surface area contributed by atoms with Crippen LogP contribution in [0.15, 0.2) is 18.9 Å². The van der Waals surface area contributed by atoms with Gasteiger partial charge in [0.25, 0.3) is 0 Å². The molecule has 1 N–H and O–H groups in total. The summed E-state index contributed by atoms with van der Waals surface area (Å²) in [4.78, 5) is 12.5. The molecule has 3 rings (SSSR count). The molecule has 0 amide bonds. The molecule has 0 atom stereocenters. The van der Waals surface area contributed by atoms with Crippen molar-refractivity contribution in [2.45, 2.75) is 32.1 Å². The molecular formula is C12H17N5. The molecule has 0 aliphatic heterocycles. The Morgan fingerprint density at radius 1 is 1.24 bits per heavy atom. The molecule has 5 heteroatoms. The van der Waals surface area contributed by atoms with Crippen molar-refractivity contribution in [3.63, 3.8) is 0 Å². The maximum atomic E-state index is 4.26. The predicted octanol–water partition coefficient (Wildman–Crippen LogP) is 1.95.